The highest BCUT2D eigenvalue weighted by Gasteiger charge is 2.06. The first-order chi connectivity index (χ1) is 8.85. The van der Waals surface area contributed by atoms with Crippen LogP contribution in [0.2, 0.25) is 0 Å². The molecule has 0 amide bonds. The average molecular weight is 238 g/mol. The Morgan fingerprint density at radius 1 is 0.889 bits per heavy atom. The molecule has 0 atom stereocenters. The Hall–Kier alpha value is -2.58. The molecule has 0 radical (unpaired) electrons. The first-order valence-electron chi connectivity index (χ1n) is 5.42. The van der Waals surface area contributed by atoms with Gasteiger partial charge in [-0.2, -0.15) is 4.99 Å². The first kappa shape index (κ1) is 11.9. The van der Waals surface area contributed by atoms with E-state index in [1.165, 1.54) is 6.08 Å². The summed E-state index contributed by atoms with van der Waals surface area (Å²) in [5, 5.41) is 2.98. The van der Waals surface area contributed by atoms with E-state index in [4.69, 9.17) is 0 Å². The zero-order valence-corrected chi connectivity index (χ0v) is 9.54. The summed E-state index contributed by atoms with van der Waals surface area (Å²) < 4.78 is 0. The van der Waals surface area contributed by atoms with Crippen molar-refractivity contribution in [2.45, 2.75) is 6.42 Å². The molecule has 0 spiro atoms. The maximum atomic E-state index is 10.7. The third-order valence-electron chi connectivity index (χ3n) is 2.63. The zero-order chi connectivity index (χ0) is 12.8. The Morgan fingerprint density at radius 3 is 2.06 bits per heavy atom. The van der Waals surface area contributed by atoms with Gasteiger partial charge in [-0.25, -0.2) is 4.79 Å². The molecule has 0 fully saturated rings. The SMILES string of the molecule is O=C=Nc1ccccc1Cc1ccccc1N=O. The molecule has 0 saturated carbocycles. The van der Waals surface area contributed by atoms with Gasteiger partial charge >= 0.3 is 0 Å². The fourth-order valence-corrected chi connectivity index (χ4v) is 1.77. The van der Waals surface area contributed by atoms with Crippen LogP contribution in [0, 0.1) is 4.91 Å². The minimum atomic E-state index is 0.405. The minimum Gasteiger partial charge on any atom is -0.211 e. The van der Waals surface area contributed by atoms with Crippen molar-refractivity contribution in [3.8, 4) is 0 Å². The molecule has 0 aliphatic rings. The first-order valence-corrected chi connectivity index (χ1v) is 5.42. The van der Waals surface area contributed by atoms with Crippen LogP contribution in [0.5, 0.6) is 0 Å². The van der Waals surface area contributed by atoms with Gasteiger partial charge in [-0.05, 0) is 28.4 Å². The Labute approximate surface area is 104 Å². The van der Waals surface area contributed by atoms with Gasteiger partial charge in [0.2, 0.25) is 6.08 Å². The molecule has 4 heteroatoms. The Balaban J connectivity index is 2.39. The van der Waals surface area contributed by atoms with Crippen LogP contribution < -0.4 is 0 Å². The number of hydrogen-bond donors (Lipinski definition) is 0. The predicted molar refractivity (Wildman–Crippen MR) is 68.9 cm³/mol. The van der Waals surface area contributed by atoms with Crippen LogP contribution >= 0.6 is 0 Å². The lowest BCUT2D eigenvalue weighted by Gasteiger charge is -2.05. The van der Waals surface area contributed by atoms with Crippen LogP contribution in [-0.4, -0.2) is 6.08 Å². The van der Waals surface area contributed by atoms with Crippen molar-refractivity contribution in [1.82, 2.24) is 0 Å². The molecule has 2 aromatic rings. The molecule has 0 saturated heterocycles. The molecule has 0 aliphatic heterocycles. The molecule has 0 N–H and O–H groups in total. The van der Waals surface area contributed by atoms with E-state index < -0.39 is 0 Å². The largest absolute Gasteiger partial charge is 0.240 e. The van der Waals surface area contributed by atoms with Gasteiger partial charge in [-0.3, -0.25) is 0 Å². The van der Waals surface area contributed by atoms with Crippen molar-refractivity contribution in [1.29, 1.82) is 0 Å². The fourth-order valence-electron chi connectivity index (χ4n) is 1.77. The number of nitrogens with zero attached hydrogens (tertiary/aromatic N) is 2. The average Bonchev–Trinajstić information content (AvgIpc) is 2.42. The quantitative estimate of drug-likeness (QED) is 0.463. The molecule has 0 bridgehead atoms. The van der Waals surface area contributed by atoms with E-state index in [-0.39, 0.29) is 0 Å². The summed E-state index contributed by atoms with van der Waals surface area (Å²) in [6, 6.07) is 14.3. The second-order valence-electron chi connectivity index (χ2n) is 3.73. The summed E-state index contributed by atoms with van der Waals surface area (Å²) in [7, 11) is 0. The van der Waals surface area contributed by atoms with E-state index in [0.29, 0.717) is 17.8 Å². The molecule has 0 aliphatic carbocycles. The summed E-state index contributed by atoms with van der Waals surface area (Å²) in [5.74, 6) is 0. The summed E-state index contributed by atoms with van der Waals surface area (Å²) >= 11 is 0. The third-order valence-corrected chi connectivity index (χ3v) is 2.63. The van der Waals surface area contributed by atoms with E-state index in [9.17, 15) is 9.70 Å². The summed E-state index contributed by atoms with van der Waals surface area (Å²) in [5.41, 5.74) is 2.63. The van der Waals surface area contributed by atoms with Crippen LogP contribution in [0.4, 0.5) is 11.4 Å². The number of aliphatic imine (C=N–C) groups is 1. The Morgan fingerprint density at radius 2 is 1.44 bits per heavy atom. The molecule has 0 aromatic heterocycles. The van der Waals surface area contributed by atoms with E-state index in [1.54, 1.807) is 24.3 Å². The fraction of sp³-hybridized carbons (Fsp3) is 0.0714. The van der Waals surface area contributed by atoms with Crippen molar-refractivity contribution in [2.75, 3.05) is 0 Å². The van der Waals surface area contributed by atoms with E-state index in [1.807, 2.05) is 24.3 Å². The molecule has 18 heavy (non-hydrogen) atoms. The Kier molecular flexibility index (Phi) is 3.74. The van der Waals surface area contributed by atoms with Crippen molar-refractivity contribution >= 4 is 17.5 Å². The number of nitroso groups, excluding NO2 is 1. The molecular formula is C14H10N2O2. The van der Waals surface area contributed by atoms with Crippen LogP contribution in [0.15, 0.2) is 58.7 Å². The van der Waals surface area contributed by atoms with Crippen molar-refractivity contribution in [3.63, 3.8) is 0 Å². The zero-order valence-electron chi connectivity index (χ0n) is 9.54. The number of para-hydroxylation sites is 1. The van der Waals surface area contributed by atoms with E-state index in [2.05, 4.69) is 10.2 Å². The van der Waals surface area contributed by atoms with Crippen molar-refractivity contribution < 1.29 is 4.79 Å². The number of benzene rings is 2. The van der Waals surface area contributed by atoms with Crippen LogP contribution in [0.25, 0.3) is 0 Å². The maximum Gasteiger partial charge on any atom is 0.240 e. The number of carbonyl (C=O) groups excluding carboxylic acids is 1. The highest BCUT2D eigenvalue weighted by atomic mass is 16.3. The second-order valence-corrected chi connectivity index (χ2v) is 3.73. The molecule has 0 unspecified atom stereocenters. The molecule has 88 valence electrons. The lowest BCUT2D eigenvalue weighted by Crippen LogP contribution is -1.89. The maximum absolute atomic E-state index is 10.7. The van der Waals surface area contributed by atoms with Crippen molar-refractivity contribution in [2.24, 2.45) is 10.2 Å². The van der Waals surface area contributed by atoms with Crippen LogP contribution in [0.3, 0.4) is 0 Å². The summed E-state index contributed by atoms with van der Waals surface area (Å²) in [6.07, 6.45) is 2.03. The van der Waals surface area contributed by atoms with E-state index >= 15 is 0 Å². The van der Waals surface area contributed by atoms with Gasteiger partial charge in [-0.15, -0.1) is 4.91 Å². The standard InChI is InChI=1S/C14H10N2O2/c17-10-15-13-7-3-1-5-11(13)9-12-6-2-4-8-14(12)16-18/h1-8H,9H2. The lowest BCUT2D eigenvalue weighted by atomic mass is 10.0. The summed E-state index contributed by atoms with van der Waals surface area (Å²) in [6.45, 7) is 0. The number of isocyanates is 1. The minimum absolute atomic E-state index is 0.405. The monoisotopic (exact) mass is 238 g/mol. The van der Waals surface area contributed by atoms with Crippen molar-refractivity contribution in [3.05, 3.63) is 64.6 Å². The number of rotatable bonds is 4. The molecule has 2 rings (SSSR count). The van der Waals surface area contributed by atoms with Crippen LogP contribution in [0.1, 0.15) is 11.1 Å². The highest BCUT2D eigenvalue weighted by Crippen LogP contribution is 2.26. The predicted octanol–water partition coefficient (Wildman–Crippen LogP) is 3.64. The van der Waals surface area contributed by atoms with Gasteiger partial charge in [0.05, 0.1) is 5.69 Å². The summed E-state index contributed by atoms with van der Waals surface area (Å²) in [4.78, 5) is 24.7. The van der Waals surface area contributed by atoms with Gasteiger partial charge in [0.25, 0.3) is 0 Å². The van der Waals surface area contributed by atoms with Gasteiger partial charge in [0.15, 0.2) is 0 Å². The topological polar surface area (TPSA) is 58.9 Å². The second kappa shape index (κ2) is 5.66. The third kappa shape index (κ3) is 2.56. The van der Waals surface area contributed by atoms with Gasteiger partial charge in [0.1, 0.15) is 5.69 Å². The van der Waals surface area contributed by atoms with Gasteiger partial charge in [0, 0.05) is 6.42 Å². The Bertz CT molecular complexity index is 617. The van der Waals surface area contributed by atoms with Crippen LogP contribution in [-0.2, 0) is 11.2 Å². The lowest BCUT2D eigenvalue weighted by molar-refractivity contribution is 0.565. The van der Waals surface area contributed by atoms with E-state index in [0.717, 1.165) is 11.1 Å². The van der Waals surface area contributed by atoms with Gasteiger partial charge < -0.3 is 0 Å². The molecule has 2 aromatic carbocycles. The normalized spacial score (nSPS) is 9.56. The molecular weight excluding hydrogens is 228 g/mol. The number of hydrogen-bond acceptors (Lipinski definition) is 4. The highest BCUT2D eigenvalue weighted by molar-refractivity contribution is 5.57. The smallest absolute Gasteiger partial charge is 0.211 e. The molecule has 4 nitrogen and oxygen atoms in total. The van der Waals surface area contributed by atoms with Gasteiger partial charge in [-0.1, -0.05) is 36.4 Å². The molecule has 0 heterocycles.